The van der Waals surface area contributed by atoms with E-state index in [-0.39, 0.29) is 50.0 Å². The molecule has 4 atom stereocenters. The first-order valence-electron chi connectivity index (χ1n) is 11.1. The van der Waals surface area contributed by atoms with Crippen LogP contribution in [0.5, 0.6) is 0 Å². The van der Waals surface area contributed by atoms with Crippen molar-refractivity contribution >= 4 is 0 Å². The second-order valence-electron chi connectivity index (χ2n) is 8.47. The first-order chi connectivity index (χ1) is 15.9. The quantitative estimate of drug-likeness (QED) is 0.0800. The number of rotatable bonds is 18. The van der Waals surface area contributed by atoms with Gasteiger partial charge in [-0.05, 0) is 32.4 Å². The maximum Gasteiger partial charge on any atom is 0.460 e. The summed E-state index contributed by atoms with van der Waals surface area (Å²) in [6.07, 6.45) is -14.4. The van der Waals surface area contributed by atoms with Crippen molar-refractivity contribution in [2.75, 3.05) is 26.2 Å². The highest BCUT2D eigenvalue weighted by molar-refractivity contribution is 5.00. The molecule has 0 rings (SSSR count). The molecule has 0 aromatic rings. The van der Waals surface area contributed by atoms with Crippen LogP contribution in [0.4, 0.5) is 39.5 Å². The first kappa shape index (κ1) is 38.0. The van der Waals surface area contributed by atoms with Gasteiger partial charge in [-0.25, -0.2) is 0 Å². The molecule has 0 amide bonds. The predicted molar refractivity (Wildman–Crippen MR) is 106 cm³/mol. The standard InChI is InChI=1S/C20H34F9NO5.HI/c1-2-3-4-6-9-30(11-13(32)15(34)16(35)14(33)12-31)10-7-5-8-17(21,22)18(23,24)19(25,26)20(27,28)29;/h13-16,31-35H,2-12H2,1H3;1H/p-1. The molecule has 5 N–H and O–H groups in total. The van der Waals surface area contributed by atoms with Crippen LogP contribution in [-0.4, -0.2) is 105 Å². The summed E-state index contributed by atoms with van der Waals surface area (Å²) in [5.41, 5.74) is 0. The number of aliphatic hydroxyl groups excluding tert-OH is 5. The van der Waals surface area contributed by atoms with E-state index in [1.54, 1.807) is 0 Å². The number of aliphatic hydroxyl groups is 5. The zero-order chi connectivity index (χ0) is 27.7. The van der Waals surface area contributed by atoms with Crippen molar-refractivity contribution in [2.24, 2.45) is 0 Å². The molecule has 0 heterocycles. The van der Waals surface area contributed by atoms with Crippen LogP contribution in [-0.2, 0) is 0 Å². The lowest BCUT2D eigenvalue weighted by atomic mass is 9.98. The van der Waals surface area contributed by atoms with E-state index in [0.717, 1.165) is 12.8 Å². The molecule has 16 heteroatoms. The SMILES string of the molecule is CCCCCCN(CCCCC(F)(F)C(F)(F)C(F)(F)C(F)(F)F)CC(O)C(O)C(O)C(O)CO.[I-]. The minimum atomic E-state index is -6.94. The normalized spacial score (nSPS) is 17.0. The molecule has 0 spiro atoms. The van der Waals surface area contributed by atoms with Gasteiger partial charge in [0, 0.05) is 13.0 Å². The van der Waals surface area contributed by atoms with Gasteiger partial charge in [-0.15, -0.1) is 0 Å². The minimum Gasteiger partial charge on any atom is -1.00 e. The molecule has 0 saturated carbocycles. The van der Waals surface area contributed by atoms with E-state index in [2.05, 4.69) is 0 Å². The molecule has 0 radical (unpaired) electrons. The molecule has 0 aromatic carbocycles. The lowest BCUT2D eigenvalue weighted by Gasteiger charge is -2.34. The zero-order valence-corrected chi connectivity index (χ0v) is 21.7. The highest BCUT2D eigenvalue weighted by atomic mass is 127. The lowest BCUT2D eigenvalue weighted by molar-refractivity contribution is -0.396. The Balaban J connectivity index is 0. The highest BCUT2D eigenvalue weighted by Gasteiger charge is 2.81. The van der Waals surface area contributed by atoms with Gasteiger partial charge in [-0.2, -0.15) is 39.5 Å². The van der Waals surface area contributed by atoms with E-state index in [9.17, 15) is 59.9 Å². The van der Waals surface area contributed by atoms with E-state index >= 15 is 0 Å². The van der Waals surface area contributed by atoms with Crippen LogP contribution in [0.3, 0.4) is 0 Å². The smallest absolute Gasteiger partial charge is 0.460 e. The second-order valence-corrected chi connectivity index (χ2v) is 8.47. The van der Waals surface area contributed by atoms with E-state index in [1.165, 1.54) is 4.90 Å². The van der Waals surface area contributed by atoms with Gasteiger partial charge in [0.2, 0.25) is 0 Å². The third-order valence-corrected chi connectivity index (χ3v) is 5.52. The lowest BCUT2D eigenvalue weighted by Crippen LogP contribution is -3.00. The molecule has 0 aliphatic heterocycles. The first-order valence-corrected chi connectivity index (χ1v) is 11.1. The number of alkyl halides is 9. The molecule has 220 valence electrons. The molecule has 0 aromatic heterocycles. The fourth-order valence-electron chi connectivity index (χ4n) is 3.24. The summed E-state index contributed by atoms with van der Waals surface area (Å²) in [6.45, 7) is 0.677. The van der Waals surface area contributed by atoms with Gasteiger partial charge in [0.05, 0.1) is 12.7 Å². The van der Waals surface area contributed by atoms with Crippen molar-refractivity contribution < 1.29 is 89.0 Å². The van der Waals surface area contributed by atoms with Crippen LogP contribution in [0.15, 0.2) is 0 Å². The third-order valence-electron chi connectivity index (χ3n) is 5.52. The summed E-state index contributed by atoms with van der Waals surface area (Å²) in [4.78, 5) is 1.40. The van der Waals surface area contributed by atoms with E-state index in [0.29, 0.717) is 12.8 Å². The van der Waals surface area contributed by atoms with Crippen molar-refractivity contribution in [3.8, 4) is 0 Å². The summed E-state index contributed by atoms with van der Waals surface area (Å²) in [5.74, 6) is -19.3. The molecular weight excluding hydrogens is 632 g/mol. The van der Waals surface area contributed by atoms with Crippen molar-refractivity contribution in [1.82, 2.24) is 4.90 Å². The van der Waals surface area contributed by atoms with Gasteiger partial charge < -0.3 is 54.4 Å². The maximum absolute atomic E-state index is 13.7. The van der Waals surface area contributed by atoms with Crippen LogP contribution in [0.1, 0.15) is 51.9 Å². The topological polar surface area (TPSA) is 104 Å². The summed E-state index contributed by atoms with van der Waals surface area (Å²) >= 11 is 0. The minimum absolute atomic E-state index is 0. The molecule has 0 saturated heterocycles. The molecule has 0 bridgehead atoms. The Morgan fingerprint density at radius 3 is 1.58 bits per heavy atom. The number of nitrogens with zero attached hydrogens (tertiary/aromatic N) is 1. The van der Waals surface area contributed by atoms with Crippen molar-refractivity contribution in [1.29, 1.82) is 0 Å². The van der Waals surface area contributed by atoms with Crippen molar-refractivity contribution in [2.45, 2.75) is 100 Å². The van der Waals surface area contributed by atoms with Gasteiger partial charge in [-0.3, -0.25) is 0 Å². The molecule has 0 aliphatic carbocycles. The van der Waals surface area contributed by atoms with Gasteiger partial charge in [0.1, 0.15) is 18.3 Å². The number of halogens is 10. The Hall–Kier alpha value is -0.140. The number of unbranched alkanes of at least 4 members (excludes halogenated alkanes) is 4. The fraction of sp³-hybridized carbons (Fsp3) is 1.00. The molecule has 6 nitrogen and oxygen atoms in total. The Bertz CT molecular complexity index is 602. The van der Waals surface area contributed by atoms with Crippen molar-refractivity contribution in [3.05, 3.63) is 0 Å². The third kappa shape index (κ3) is 10.6. The van der Waals surface area contributed by atoms with Gasteiger partial charge >= 0.3 is 23.9 Å². The van der Waals surface area contributed by atoms with E-state index < -0.39 is 67.8 Å². The van der Waals surface area contributed by atoms with Crippen LogP contribution in [0.25, 0.3) is 0 Å². The average molecular weight is 666 g/mol. The largest absolute Gasteiger partial charge is 1.00 e. The number of hydrogen-bond acceptors (Lipinski definition) is 6. The molecule has 0 aliphatic rings. The Labute approximate surface area is 220 Å². The summed E-state index contributed by atoms with van der Waals surface area (Å²) < 4.78 is 117. The summed E-state index contributed by atoms with van der Waals surface area (Å²) in [5, 5.41) is 47.9. The number of hydrogen-bond donors (Lipinski definition) is 5. The van der Waals surface area contributed by atoms with Gasteiger partial charge in [0.15, 0.2) is 0 Å². The van der Waals surface area contributed by atoms with Crippen molar-refractivity contribution in [3.63, 3.8) is 0 Å². The molecule has 36 heavy (non-hydrogen) atoms. The van der Waals surface area contributed by atoms with Crippen LogP contribution in [0.2, 0.25) is 0 Å². The monoisotopic (exact) mass is 666 g/mol. The average Bonchev–Trinajstić information content (AvgIpc) is 2.76. The van der Waals surface area contributed by atoms with Gasteiger partial charge in [-0.1, -0.05) is 26.2 Å². The van der Waals surface area contributed by atoms with Gasteiger partial charge in [0.25, 0.3) is 0 Å². The fourth-order valence-corrected chi connectivity index (χ4v) is 3.24. The molecule has 4 unspecified atom stereocenters. The summed E-state index contributed by atoms with van der Waals surface area (Å²) in [7, 11) is 0. The molecule has 0 fully saturated rings. The Kier molecular flexibility index (Phi) is 17.0. The van der Waals surface area contributed by atoms with Crippen LogP contribution < -0.4 is 24.0 Å². The van der Waals surface area contributed by atoms with E-state index in [1.807, 2.05) is 6.92 Å². The van der Waals surface area contributed by atoms with Crippen LogP contribution >= 0.6 is 0 Å². The summed E-state index contributed by atoms with van der Waals surface area (Å²) in [6, 6.07) is 0. The maximum atomic E-state index is 13.7. The Morgan fingerprint density at radius 1 is 0.667 bits per heavy atom. The predicted octanol–water partition coefficient (Wildman–Crippen LogP) is -0.0529. The Morgan fingerprint density at radius 2 is 1.14 bits per heavy atom. The second kappa shape index (κ2) is 16.1. The van der Waals surface area contributed by atoms with Crippen LogP contribution in [0, 0.1) is 0 Å². The zero-order valence-electron chi connectivity index (χ0n) is 19.6. The highest BCUT2D eigenvalue weighted by Crippen LogP contribution is 2.54. The van der Waals surface area contributed by atoms with E-state index in [4.69, 9.17) is 5.11 Å². The molecular formula is C20H34F9INO5-.